The normalized spacial score (nSPS) is 15.0. The molecule has 1 fully saturated rings. The number of amides is 1. The number of rotatable bonds is 5. The molecule has 0 saturated carbocycles. The first kappa shape index (κ1) is 15.6. The SMILES string of the molecule is O=C(O)NC1CN(c2ccc(S(=O)(=O)Nc3nccs3)cc2)C1. The number of anilines is 2. The Hall–Kier alpha value is -2.33. The predicted molar refractivity (Wildman–Crippen MR) is 86.5 cm³/mol. The van der Waals surface area contributed by atoms with E-state index in [0.29, 0.717) is 18.2 Å². The Labute approximate surface area is 136 Å². The summed E-state index contributed by atoms with van der Waals surface area (Å²) in [7, 11) is -3.65. The minimum Gasteiger partial charge on any atom is -0.465 e. The van der Waals surface area contributed by atoms with Gasteiger partial charge in [0.15, 0.2) is 5.13 Å². The molecule has 1 aliphatic rings. The highest BCUT2D eigenvalue weighted by molar-refractivity contribution is 7.93. The maximum absolute atomic E-state index is 12.2. The van der Waals surface area contributed by atoms with Crippen LogP contribution in [0.15, 0.2) is 40.7 Å². The topological polar surface area (TPSA) is 112 Å². The first-order valence-corrected chi connectivity index (χ1v) is 9.07. The third-order valence-electron chi connectivity index (χ3n) is 3.38. The molecule has 0 aliphatic carbocycles. The molecule has 0 atom stereocenters. The molecule has 0 bridgehead atoms. The zero-order valence-electron chi connectivity index (χ0n) is 11.8. The van der Waals surface area contributed by atoms with Crippen LogP contribution >= 0.6 is 11.3 Å². The van der Waals surface area contributed by atoms with Gasteiger partial charge in [0.05, 0.1) is 10.9 Å². The van der Waals surface area contributed by atoms with Gasteiger partial charge in [-0.25, -0.2) is 18.2 Å². The van der Waals surface area contributed by atoms with Crippen LogP contribution in [0.4, 0.5) is 15.6 Å². The van der Waals surface area contributed by atoms with Crippen molar-refractivity contribution in [2.45, 2.75) is 10.9 Å². The van der Waals surface area contributed by atoms with Crippen molar-refractivity contribution in [3.05, 3.63) is 35.8 Å². The summed E-state index contributed by atoms with van der Waals surface area (Å²) in [6.45, 7) is 1.13. The Bertz CT molecular complexity index is 784. The van der Waals surface area contributed by atoms with Crippen molar-refractivity contribution in [3.63, 3.8) is 0 Å². The smallest absolute Gasteiger partial charge is 0.405 e. The summed E-state index contributed by atoms with van der Waals surface area (Å²) < 4.78 is 26.8. The average Bonchev–Trinajstić information content (AvgIpc) is 2.94. The van der Waals surface area contributed by atoms with E-state index in [-0.39, 0.29) is 10.9 Å². The zero-order chi connectivity index (χ0) is 16.4. The van der Waals surface area contributed by atoms with Crippen LogP contribution in [0.1, 0.15) is 0 Å². The molecule has 3 N–H and O–H groups in total. The Morgan fingerprint density at radius 2 is 2.00 bits per heavy atom. The molecule has 8 nitrogen and oxygen atoms in total. The van der Waals surface area contributed by atoms with Crippen molar-refractivity contribution in [2.75, 3.05) is 22.7 Å². The highest BCUT2D eigenvalue weighted by Crippen LogP contribution is 2.24. The van der Waals surface area contributed by atoms with Gasteiger partial charge in [-0.05, 0) is 24.3 Å². The maximum atomic E-state index is 12.2. The van der Waals surface area contributed by atoms with Gasteiger partial charge in [-0.15, -0.1) is 11.3 Å². The monoisotopic (exact) mass is 354 g/mol. The largest absolute Gasteiger partial charge is 0.465 e. The molecule has 3 rings (SSSR count). The van der Waals surface area contributed by atoms with Gasteiger partial charge < -0.3 is 15.3 Å². The summed E-state index contributed by atoms with van der Waals surface area (Å²) in [4.78, 5) is 16.5. The van der Waals surface area contributed by atoms with Crippen LogP contribution in [0.25, 0.3) is 0 Å². The molecule has 0 spiro atoms. The van der Waals surface area contributed by atoms with E-state index in [1.165, 1.54) is 29.7 Å². The van der Waals surface area contributed by atoms with Crippen LogP contribution in [-0.4, -0.2) is 43.7 Å². The van der Waals surface area contributed by atoms with Crippen molar-refractivity contribution >= 4 is 38.3 Å². The second-order valence-electron chi connectivity index (χ2n) is 4.99. The number of nitrogens with zero attached hydrogens (tertiary/aromatic N) is 2. The summed E-state index contributed by atoms with van der Waals surface area (Å²) in [5, 5.41) is 13.0. The molecule has 1 saturated heterocycles. The summed E-state index contributed by atoms with van der Waals surface area (Å²) in [5.74, 6) is 0. The van der Waals surface area contributed by atoms with Gasteiger partial charge in [-0.3, -0.25) is 4.72 Å². The Morgan fingerprint density at radius 3 is 2.57 bits per heavy atom. The summed E-state index contributed by atoms with van der Waals surface area (Å²) in [5.41, 5.74) is 0.849. The molecular weight excluding hydrogens is 340 g/mol. The number of nitrogens with one attached hydrogen (secondary N) is 2. The van der Waals surface area contributed by atoms with Crippen molar-refractivity contribution in [3.8, 4) is 0 Å². The fourth-order valence-electron chi connectivity index (χ4n) is 2.24. The van der Waals surface area contributed by atoms with Gasteiger partial charge in [0.2, 0.25) is 0 Å². The lowest BCUT2D eigenvalue weighted by molar-refractivity contribution is 0.187. The molecule has 2 heterocycles. The minimum absolute atomic E-state index is 0.0949. The highest BCUT2D eigenvalue weighted by Gasteiger charge is 2.28. The van der Waals surface area contributed by atoms with Crippen molar-refractivity contribution < 1.29 is 18.3 Å². The predicted octanol–water partition coefficient (Wildman–Crippen LogP) is 1.40. The van der Waals surface area contributed by atoms with Gasteiger partial charge in [-0.1, -0.05) is 0 Å². The number of carbonyl (C=O) groups is 1. The van der Waals surface area contributed by atoms with Gasteiger partial charge in [0, 0.05) is 30.4 Å². The van der Waals surface area contributed by atoms with Crippen LogP contribution in [0.2, 0.25) is 0 Å². The molecule has 1 amide bonds. The fourth-order valence-corrected chi connectivity index (χ4v) is 4.03. The van der Waals surface area contributed by atoms with Gasteiger partial charge in [-0.2, -0.15) is 0 Å². The molecule has 0 unspecified atom stereocenters. The van der Waals surface area contributed by atoms with Crippen LogP contribution < -0.4 is 14.9 Å². The summed E-state index contributed by atoms with van der Waals surface area (Å²) >= 11 is 1.21. The molecule has 1 aromatic carbocycles. The van der Waals surface area contributed by atoms with Crippen LogP contribution in [0, 0.1) is 0 Å². The molecule has 23 heavy (non-hydrogen) atoms. The highest BCUT2D eigenvalue weighted by atomic mass is 32.2. The number of aromatic nitrogens is 1. The lowest BCUT2D eigenvalue weighted by Gasteiger charge is -2.40. The number of hydrogen-bond acceptors (Lipinski definition) is 6. The second-order valence-corrected chi connectivity index (χ2v) is 7.57. The van der Waals surface area contributed by atoms with Crippen molar-refractivity contribution in [1.82, 2.24) is 10.3 Å². The number of hydrogen-bond donors (Lipinski definition) is 3. The molecule has 1 aromatic heterocycles. The number of thiazole rings is 1. The molecule has 122 valence electrons. The zero-order valence-corrected chi connectivity index (χ0v) is 13.5. The molecule has 0 radical (unpaired) electrons. The molecule has 1 aliphatic heterocycles. The Balaban J connectivity index is 1.65. The number of carboxylic acid groups (broad SMARTS) is 1. The maximum Gasteiger partial charge on any atom is 0.405 e. The third kappa shape index (κ3) is 3.54. The summed E-state index contributed by atoms with van der Waals surface area (Å²) in [6.07, 6.45) is 0.487. The summed E-state index contributed by atoms with van der Waals surface area (Å²) in [6, 6.07) is 6.34. The van der Waals surface area contributed by atoms with Gasteiger partial charge >= 0.3 is 6.09 Å². The van der Waals surface area contributed by atoms with Crippen molar-refractivity contribution in [2.24, 2.45) is 0 Å². The average molecular weight is 354 g/mol. The fraction of sp³-hybridized carbons (Fsp3) is 0.231. The quantitative estimate of drug-likeness (QED) is 0.748. The van der Waals surface area contributed by atoms with Crippen LogP contribution in [0.3, 0.4) is 0 Å². The van der Waals surface area contributed by atoms with Gasteiger partial charge in [0.1, 0.15) is 0 Å². The van der Waals surface area contributed by atoms with E-state index in [4.69, 9.17) is 5.11 Å². The standard InChI is InChI=1S/C13H14N4O4S2/c18-13(19)15-9-7-17(8-9)10-1-3-11(4-2-10)23(20,21)16-12-14-5-6-22-12/h1-6,9,15H,7-8H2,(H,14,16)(H,18,19). The Kier molecular flexibility index (Phi) is 4.09. The van der Waals surface area contributed by atoms with E-state index in [0.717, 1.165) is 5.69 Å². The lowest BCUT2D eigenvalue weighted by Crippen LogP contribution is -2.59. The van der Waals surface area contributed by atoms with E-state index in [1.54, 1.807) is 17.5 Å². The van der Waals surface area contributed by atoms with Crippen LogP contribution in [-0.2, 0) is 10.0 Å². The first-order valence-electron chi connectivity index (χ1n) is 6.71. The van der Waals surface area contributed by atoms with Gasteiger partial charge in [0.25, 0.3) is 10.0 Å². The lowest BCUT2D eigenvalue weighted by atomic mass is 10.1. The van der Waals surface area contributed by atoms with E-state index in [1.807, 2.05) is 4.90 Å². The van der Waals surface area contributed by atoms with Crippen LogP contribution in [0.5, 0.6) is 0 Å². The second kappa shape index (κ2) is 6.05. The van der Waals surface area contributed by atoms with E-state index in [2.05, 4.69) is 15.0 Å². The van der Waals surface area contributed by atoms with Crippen molar-refractivity contribution in [1.29, 1.82) is 0 Å². The number of benzene rings is 1. The van der Waals surface area contributed by atoms with E-state index < -0.39 is 16.1 Å². The molecular formula is C13H14N4O4S2. The number of sulfonamides is 1. The minimum atomic E-state index is -3.65. The first-order chi connectivity index (χ1) is 10.9. The third-order valence-corrected chi connectivity index (χ3v) is 5.55. The van der Waals surface area contributed by atoms with E-state index in [9.17, 15) is 13.2 Å². The Morgan fingerprint density at radius 1 is 1.30 bits per heavy atom. The van der Waals surface area contributed by atoms with E-state index >= 15 is 0 Å². The molecule has 10 heteroatoms. The molecule has 2 aromatic rings.